The van der Waals surface area contributed by atoms with E-state index in [9.17, 15) is 4.79 Å². The molecule has 0 aliphatic heterocycles. The van der Waals surface area contributed by atoms with Crippen molar-refractivity contribution < 1.29 is 4.42 Å². The molecular weight excluding hydrogens is 269 g/mol. The molecule has 4 heteroatoms. The summed E-state index contributed by atoms with van der Waals surface area (Å²) in [5, 5.41) is 0. The maximum Gasteiger partial charge on any atom is 0.419 e. The lowest BCUT2D eigenvalue weighted by Crippen LogP contribution is -2.08. The Bertz CT molecular complexity index is 483. The Hall–Kier alpha value is -0.780. The van der Waals surface area contributed by atoms with Crippen LogP contribution < -0.4 is 5.76 Å². The number of aryl methyl sites for hydroxylation is 1. The van der Waals surface area contributed by atoms with Crippen LogP contribution in [0.2, 0.25) is 0 Å². The molecule has 0 aliphatic carbocycles. The van der Waals surface area contributed by atoms with Crippen LogP contribution in [0.1, 0.15) is 0 Å². The molecule has 62 valence electrons. The van der Waals surface area contributed by atoms with Gasteiger partial charge < -0.3 is 4.42 Å². The average molecular weight is 275 g/mol. The van der Waals surface area contributed by atoms with E-state index >= 15 is 0 Å². The Morgan fingerprint density at radius 1 is 1.50 bits per heavy atom. The maximum atomic E-state index is 11.0. The first-order valence-corrected chi connectivity index (χ1v) is 4.51. The average Bonchev–Trinajstić information content (AvgIpc) is 2.28. The standard InChI is InChI=1S/C8H6INO2/c1-10-6-3-2-5(9)4-7(6)12-8(10)11/h2-4H,1H3. The van der Waals surface area contributed by atoms with E-state index in [1.165, 1.54) is 4.57 Å². The fourth-order valence-corrected chi connectivity index (χ4v) is 1.57. The number of fused-ring (bicyclic) bond motifs is 1. The summed E-state index contributed by atoms with van der Waals surface area (Å²) in [5.41, 5.74) is 1.48. The van der Waals surface area contributed by atoms with Crippen LogP contribution in [0.5, 0.6) is 0 Å². The lowest BCUT2D eigenvalue weighted by atomic mass is 10.3. The van der Waals surface area contributed by atoms with E-state index in [0.29, 0.717) is 5.58 Å². The van der Waals surface area contributed by atoms with Gasteiger partial charge in [-0.05, 0) is 40.8 Å². The topological polar surface area (TPSA) is 35.1 Å². The largest absolute Gasteiger partial charge is 0.419 e. The zero-order valence-electron chi connectivity index (χ0n) is 6.37. The molecule has 2 rings (SSSR count). The van der Waals surface area contributed by atoms with Crippen molar-refractivity contribution in [3.63, 3.8) is 0 Å². The van der Waals surface area contributed by atoms with Crippen molar-refractivity contribution >= 4 is 33.7 Å². The smallest absolute Gasteiger partial charge is 0.408 e. The molecule has 1 aromatic carbocycles. The third-order valence-electron chi connectivity index (χ3n) is 1.75. The summed E-state index contributed by atoms with van der Waals surface area (Å²) in [6.07, 6.45) is 0. The Morgan fingerprint density at radius 2 is 2.25 bits per heavy atom. The Labute approximate surface area is 82.1 Å². The van der Waals surface area contributed by atoms with Crippen molar-refractivity contribution in [2.75, 3.05) is 0 Å². The molecule has 12 heavy (non-hydrogen) atoms. The molecule has 0 saturated carbocycles. The summed E-state index contributed by atoms with van der Waals surface area (Å²) in [6, 6.07) is 5.66. The van der Waals surface area contributed by atoms with Gasteiger partial charge in [0.2, 0.25) is 0 Å². The van der Waals surface area contributed by atoms with Crippen LogP contribution in [0.25, 0.3) is 11.1 Å². The first-order valence-electron chi connectivity index (χ1n) is 3.43. The predicted octanol–water partition coefficient (Wildman–Crippen LogP) is 1.74. The monoisotopic (exact) mass is 275 g/mol. The van der Waals surface area contributed by atoms with Crippen LogP contribution in [0, 0.1) is 3.57 Å². The van der Waals surface area contributed by atoms with E-state index in [2.05, 4.69) is 22.6 Å². The number of halogens is 1. The molecule has 0 N–H and O–H groups in total. The van der Waals surface area contributed by atoms with E-state index in [-0.39, 0.29) is 5.76 Å². The van der Waals surface area contributed by atoms with Gasteiger partial charge in [-0.2, -0.15) is 0 Å². The minimum Gasteiger partial charge on any atom is -0.408 e. The minimum absolute atomic E-state index is 0.313. The number of rotatable bonds is 0. The summed E-state index contributed by atoms with van der Waals surface area (Å²) < 4.78 is 7.54. The third-order valence-corrected chi connectivity index (χ3v) is 2.43. The summed E-state index contributed by atoms with van der Waals surface area (Å²) in [4.78, 5) is 11.0. The molecule has 0 spiro atoms. The van der Waals surface area contributed by atoms with E-state index < -0.39 is 0 Å². The second kappa shape index (κ2) is 2.62. The summed E-state index contributed by atoms with van der Waals surface area (Å²) in [5.74, 6) is -0.313. The van der Waals surface area contributed by atoms with E-state index in [4.69, 9.17) is 4.42 Å². The summed E-state index contributed by atoms with van der Waals surface area (Å²) >= 11 is 2.18. The Morgan fingerprint density at radius 3 is 3.00 bits per heavy atom. The number of nitrogens with zero attached hydrogens (tertiary/aromatic N) is 1. The molecule has 2 aromatic rings. The molecule has 0 saturated heterocycles. The SMILES string of the molecule is Cn1c(=O)oc2cc(I)ccc21. The van der Waals surface area contributed by atoms with Crippen LogP contribution >= 0.6 is 22.6 Å². The van der Waals surface area contributed by atoms with Crippen LogP contribution in [0.15, 0.2) is 27.4 Å². The molecule has 0 radical (unpaired) electrons. The highest BCUT2D eigenvalue weighted by atomic mass is 127. The molecule has 0 aliphatic rings. The van der Waals surface area contributed by atoms with Gasteiger partial charge in [0.25, 0.3) is 0 Å². The minimum atomic E-state index is -0.313. The van der Waals surface area contributed by atoms with E-state index in [0.717, 1.165) is 9.09 Å². The first-order chi connectivity index (χ1) is 5.68. The fraction of sp³-hybridized carbons (Fsp3) is 0.125. The highest BCUT2D eigenvalue weighted by Gasteiger charge is 2.04. The zero-order chi connectivity index (χ0) is 8.72. The van der Waals surface area contributed by atoms with Crippen molar-refractivity contribution in [2.45, 2.75) is 0 Å². The van der Waals surface area contributed by atoms with Crippen LogP contribution in [0.3, 0.4) is 0 Å². The predicted molar refractivity (Wildman–Crippen MR) is 54.2 cm³/mol. The van der Waals surface area contributed by atoms with Gasteiger partial charge in [0.1, 0.15) is 0 Å². The molecular formula is C8H6INO2. The summed E-state index contributed by atoms with van der Waals surface area (Å²) in [7, 11) is 1.70. The fourth-order valence-electron chi connectivity index (χ4n) is 1.11. The molecule has 0 bridgehead atoms. The highest BCUT2D eigenvalue weighted by Crippen LogP contribution is 2.14. The van der Waals surface area contributed by atoms with Gasteiger partial charge in [-0.3, -0.25) is 4.57 Å². The second-order valence-electron chi connectivity index (χ2n) is 2.54. The van der Waals surface area contributed by atoms with E-state index in [1.807, 2.05) is 18.2 Å². The van der Waals surface area contributed by atoms with Crippen LogP contribution in [0.4, 0.5) is 0 Å². The summed E-state index contributed by atoms with van der Waals surface area (Å²) in [6.45, 7) is 0. The molecule has 1 heterocycles. The number of aromatic nitrogens is 1. The van der Waals surface area contributed by atoms with Gasteiger partial charge in [-0.25, -0.2) is 4.79 Å². The number of hydrogen-bond donors (Lipinski definition) is 0. The van der Waals surface area contributed by atoms with E-state index in [1.54, 1.807) is 7.05 Å². The zero-order valence-corrected chi connectivity index (χ0v) is 8.53. The molecule has 0 unspecified atom stereocenters. The van der Waals surface area contributed by atoms with Gasteiger partial charge in [-0.15, -0.1) is 0 Å². The molecule has 0 atom stereocenters. The Kier molecular flexibility index (Phi) is 1.71. The van der Waals surface area contributed by atoms with Crippen molar-refractivity contribution in [1.82, 2.24) is 4.57 Å². The van der Waals surface area contributed by atoms with Gasteiger partial charge in [0, 0.05) is 10.6 Å². The van der Waals surface area contributed by atoms with Gasteiger partial charge in [-0.1, -0.05) is 0 Å². The van der Waals surface area contributed by atoms with Crippen molar-refractivity contribution in [2.24, 2.45) is 7.05 Å². The number of oxazole rings is 1. The maximum absolute atomic E-state index is 11.0. The quantitative estimate of drug-likeness (QED) is 0.686. The highest BCUT2D eigenvalue weighted by molar-refractivity contribution is 14.1. The van der Waals surface area contributed by atoms with Crippen molar-refractivity contribution in [3.05, 3.63) is 32.3 Å². The lowest BCUT2D eigenvalue weighted by molar-refractivity contribution is 0.528. The molecule has 3 nitrogen and oxygen atoms in total. The van der Waals surface area contributed by atoms with Gasteiger partial charge >= 0.3 is 5.76 Å². The normalized spacial score (nSPS) is 10.8. The van der Waals surface area contributed by atoms with Crippen LogP contribution in [-0.2, 0) is 7.05 Å². The number of hydrogen-bond acceptors (Lipinski definition) is 2. The lowest BCUT2D eigenvalue weighted by Gasteiger charge is -1.90. The second-order valence-corrected chi connectivity index (χ2v) is 3.78. The first kappa shape index (κ1) is 7.85. The molecule has 1 aromatic heterocycles. The third kappa shape index (κ3) is 1.06. The van der Waals surface area contributed by atoms with Crippen LogP contribution in [-0.4, -0.2) is 4.57 Å². The van der Waals surface area contributed by atoms with Gasteiger partial charge in [0.05, 0.1) is 5.52 Å². The Balaban J connectivity index is 2.96. The van der Waals surface area contributed by atoms with Gasteiger partial charge in [0.15, 0.2) is 5.58 Å². The van der Waals surface area contributed by atoms with Crippen molar-refractivity contribution in [1.29, 1.82) is 0 Å². The molecule has 0 amide bonds. The molecule has 0 fully saturated rings. The van der Waals surface area contributed by atoms with Crippen molar-refractivity contribution in [3.8, 4) is 0 Å². The number of benzene rings is 1.